The number of phosphoric acid groups is 1. The number of nitrogens with two attached hydrogens (primary N) is 1. The Kier molecular flexibility index (Phi) is 6.08. The Hall–Kier alpha value is -1.48. The number of aromatic nitrogens is 1. The highest BCUT2D eigenvalue weighted by atomic mass is 32.1. The van der Waals surface area contributed by atoms with Crippen LogP contribution in [-0.2, 0) is 22.9 Å². The highest BCUT2D eigenvalue weighted by Gasteiger charge is 2.33. The summed E-state index contributed by atoms with van der Waals surface area (Å²) in [7, 11) is -4.05. The van der Waals surface area contributed by atoms with Gasteiger partial charge in [-0.05, 0) is 13.8 Å². The lowest BCUT2D eigenvalue weighted by atomic mass is 10.3. The summed E-state index contributed by atoms with van der Waals surface area (Å²) in [5, 5.41) is 13.2. The summed E-state index contributed by atoms with van der Waals surface area (Å²) in [4.78, 5) is 15.6. The smallest absolute Gasteiger partial charge is 0.410 e. The van der Waals surface area contributed by atoms with Gasteiger partial charge in [0.2, 0.25) is 5.71 Å². The number of carbonyl (C=O) groups is 1. The third kappa shape index (κ3) is 4.27. The number of thiazole rings is 1. The van der Waals surface area contributed by atoms with E-state index >= 15 is 0 Å². The van der Waals surface area contributed by atoms with Crippen molar-refractivity contribution in [3.05, 3.63) is 11.1 Å². The second-order valence-corrected chi connectivity index (χ2v) is 5.66. The fraction of sp³-hybridized carbons (Fsp3) is 0.444. The van der Waals surface area contributed by atoms with Crippen molar-refractivity contribution < 1.29 is 28.1 Å². The molecule has 9 nitrogen and oxygen atoms in total. The number of nitrogen functional groups attached to an aromatic ring is 1. The van der Waals surface area contributed by atoms with Crippen LogP contribution >= 0.6 is 19.2 Å². The van der Waals surface area contributed by atoms with Gasteiger partial charge in [-0.15, -0.1) is 11.3 Å². The maximum atomic E-state index is 12.0. The quantitative estimate of drug-likeness (QED) is 0.335. The molecule has 1 aromatic rings. The highest BCUT2D eigenvalue weighted by Crippen LogP contribution is 2.49. The number of nitrogens with zero attached hydrogens (tertiary/aromatic N) is 2. The molecule has 0 saturated carbocycles. The van der Waals surface area contributed by atoms with Gasteiger partial charge in [0.05, 0.1) is 13.2 Å². The fourth-order valence-electron chi connectivity index (χ4n) is 1.14. The molecular formula is C9H14N3O6PS. The van der Waals surface area contributed by atoms with Gasteiger partial charge in [0.25, 0.3) is 0 Å². The summed E-state index contributed by atoms with van der Waals surface area (Å²) in [6.45, 7) is 3.14. The molecule has 0 amide bonds. The van der Waals surface area contributed by atoms with Crippen LogP contribution in [0.15, 0.2) is 10.5 Å². The third-order valence-electron chi connectivity index (χ3n) is 1.83. The van der Waals surface area contributed by atoms with E-state index in [9.17, 15) is 9.36 Å². The fourth-order valence-corrected chi connectivity index (χ4v) is 2.79. The topological polar surface area (TPSA) is 133 Å². The van der Waals surface area contributed by atoms with Crippen LogP contribution in [0.2, 0.25) is 0 Å². The summed E-state index contributed by atoms with van der Waals surface area (Å²) in [6.07, 6.45) is 0. The SMILES string of the molecule is CCOP(=O)(OCC)OC(=O)/C(=N\O)c1csc(N)n1. The van der Waals surface area contributed by atoms with Gasteiger partial charge in [0, 0.05) is 5.38 Å². The van der Waals surface area contributed by atoms with Crippen LogP contribution in [0.5, 0.6) is 0 Å². The van der Waals surface area contributed by atoms with Crippen LogP contribution < -0.4 is 5.73 Å². The third-order valence-corrected chi connectivity index (χ3v) is 4.04. The van der Waals surface area contributed by atoms with E-state index < -0.39 is 19.5 Å². The van der Waals surface area contributed by atoms with E-state index in [1.165, 1.54) is 5.38 Å². The van der Waals surface area contributed by atoms with Gasteiger partial charge in [0.1, 0.15) is 5.69 Å². The number of carbonyl (C=O) groups excluding carboxylic acids is 1. The predicted molar refractivity (Wildman–Crippen MR) is 71.8 cm³/mol. The van der Waals surface area contributed by atoms with Gasteiger partial charge >= 0.3 is 13.8 Å². The molecule has 0 aromatic carbocycles. The molecule has 0 spiro atoms. The van der Waals surface area contributed by atoms with Crippen LogP contribution in [0.4, 0.5) is 5.13 Å². The molecule has 0 fully saturated rings. The number of oxime groups is 1. The van der Waals surface area contributed by atoms with Crippen molar-refractivity contribution in [1.29, 1.82) is 0 Å². The summed E-state index contributed by atoms with van der Waals surface area (Å²) >= 11 is 1.04. The van der Waals surface area contributed by atoms with Crippen molar-refractivity contribution in [2.75, 3.05) is 18.9 Å². The Bertz CT molecular complexity index is 536. The highest BCUT2D eigenvalue weighted by molar-refractivity contribution is 7.49. The first-order chi connectivity index (χ1) is 9.45. The van der Waals surface area contributed by atoms with E-state index in [2.05, 4.69) is 14.7 Å². The van der Waals surface area contributed by atoms with Crippen molar-refractivity contribution >= 4 is 36.0 Å². The Labute approximate surface area is 119 Å². The molecule has 0 saturated heterocycles. The first-order valence-electron chi connectivity index (χ1n) is 5.52. The number of rotatable bonds is 7. The van der Waals surface area contributed by atoms with Gasteiger partial charge in [-0.3, -0.25) is 9.05 Å². The zero-order valence-corrected chi connectivity index (χ0v) is 12.5. The zero-order valence-electron chi connectivity index (χ0n) is 10.8. The normalized spacial score (nSPS) is 12.4. The predicted octanol–water partition coefficient (Wildman–Crippen LogP) is 1.63. The number of phosphoric ester groups is 1. The minimum atomic E-state index is -4.05. The standard InChI is InChI=1S/C9H14N3O6PS/c1-3-16-19(15,17-4-2)18-8(13)7(12-14)6-5-20-9(10)11-6/h5,14H,3-4H2,1-2H3,(H2,10,11)/b12-7-. The van der Waals surface area contributed by atoms with Crippen LogP contribution in [-0.4, -0.2) is 35.1 Å². The monoisotopic (exact) mass is 323 g/mol. The average molecular weight is 323 g/mol. The molecule has 20 heavy (non-hydrogen) atoms. The molecule has 1 heterocycles. The van der Waals surface area contributed by atoms with E-state index in [1.54, 1.807) is 13.8 Å². The average Bonchev–Trinajstić information content (AvgIpc) is 2.76. The van der Waals surface area contributed by atoms with Crippen molar-refractivity contribution in [1.82, 2.24) is 4.98 Å². The van der Waals surface area contributed by atoms with E-state index in [0.29, 0.717) is 0 Å². The lowest BCUT2D eigenvalue weighted by Gasteiger charge is -2.15. The van der Waals surface area contributed by atoms with Gasteiger partial charge in [-0.25, -0.2) is 14.3 Å². The molecule has 1 rings (SSSR count). The van der Waals surface area contributed by atoms with Crippen LogP contribution in [0, 0.1) is 0 Å². The molecule has 11 heteroatoms. The zero-order chi connectivity index (χ0) is 15.2. The van der Waals surface area contributed by atoms with Crippen LogP contribution in [0.1, 0.15) is 19.5 Å². The molecule has 1 aromatic heterocycles. The van der Waals surface area contributed by atoms with E-state index in [-0.39, 0.29) is 24.0 Å². The summed E-state index contributed by atoms with van der Waals surface area (Å²) < 4.78 is 26.2. The molecule has 0 atom stereocenters. The second-order valence-electron chi connectivity index (χ2n) is 3.18. The first-order valence-corrected chi connectivity index (χ1v) is 7.86. The number of hydrogen-bond donors (Lipinski definition) is 2. The number of anilines is 1. The summed E-state index contributed by atoms with van der Waals surface area (Å²) in [5.41, 5.74) is 4.86. The molecule has 0 radical (unpaired) electrons. The maximum Gasteiger partial charge on any atom is 0.532 e. The minimum absolute atomic E-state index is 0.000420. The lowest BCUT2D eigenvalue weighted by molar-refractivity contribution is -0.128. The molecular weight excluding hydrogens is 309 g/mol. The maximum absolute atomic E-state index is 12.0. The lowest BCUT2D eigenvalue weighted by Crippen LogP contribution is -2.19. The van der Waals surface area contributed by atoms with E-state index in [4.69, 9.17) is 20.0 Å². The Balaban J connectivity index is 2.90. The van der Waals surface area contributed by atoms with Gasteiger partial charge < -0.3 is 15.5 Å². The Morgan fingerprint density at radius 3 is 2.50 bits per heavy atom. The largest absolute Gasteiger partial charge is 0.532 e. The van der Waals surface area contributed by atoms with E-state index in [1.807, 2.05) is 0 Å². The molecule has 0 unspecified atom stereocenters. The van der Waals surface area contributed by atoms with Crippen LogP contribution in [0.3, 0.4) is 0 Å². The Morgan fingerprint density at radius 1 is 1.50 bits per heavy atom. The summed E-state index contributed by atoms with van der Waals surface area (Å²) in [6, 6.07) is 0. The molecule has 0 aliphatic rings. The van der Waals surface area contributed by atoms with Crippen molar-refractivity contribution in [3.8, 4) is 0 Å². The molecule has 0 bridgehead atoms. The van der Waals surface area contributed by atoms with Gasteiger partial charge in [-0.2, -0.15) is 0 Å². The van der Waals surface area contributed by atoms with Crippen molar-refractivity contribution in [3.63, 3.8) is 0 Å². The van der Waals surface area contributed by atoms with Crippen molar-refractivity contribution in [2.45, 2.75) is 13.8 Å². The summed E-state index contributed by atoms with van der Waals surface area (Å²) in [5.74, 6) is -1.19. The first kappa shape index (κ1) is 16.6. The molecule has 0 aliphatic heterocycles. The van der Waals surface area contributed by atoms with Crippen molar-refractivity contribution in [2.24, 2.45) is 5.16 Å². The molecule has 3 N–H and O–H groups in total. The molecule has 0 aliphatic carbocycles. The van der Waals surface area contributed by atoms with E-state index in [0.717, 1.165) is 11.3 Å². The number of hydrogen-bond acceptors (Lipinski definition) is 10. The Morgan fingerprint density at radius 2 is 2.10 bits per heavy atom. The van der Waals surface area contributed by atoms with Gasteiger partial charge in [0.15, 0.2) is 5.13 Å². The van der Waals surface area contributed by atoms with Gasteiger partial charge in [-0.1, -0.05) is 5.16 Å². The van der Waals surface area contributed by atoms with Crippen LogP contribution in [0.25, 0.3) is 0 Å². The molecule has 112 valence electrons. The second kappa shape index (κ2) is 7.34. The minimum Gasteiger partial charge on any atom is -0.410 e.